The number of ether oxygens (including phenoxy) is 1. The largest absolute Gasteiger partial charge is 0.462 e. The second-order valence-corrected chi connectivity index (χ2v) is 9.84. The molecule has 36 heavy (non-hydrogen) atoms. The average Bonchev–Trinajstić information content (AvgIpc) is 3.26. The molecule has 0 unspecified atom stereocenters. The molecule has 0 bridgehead atoms. The maximum atomic E-state index is 13.3. The molecular weight excluding hydrogens is 478 g/mol. The van der Waals surface area contributed by atoms with Gasteiger partial charge in [-0.1, -0.05) is 17.7 Å². The summed E-state index contributed by atoms with van der Waals surface area (Å²) in [7, 11) is 0. The van der Waals surface area contributed by atoms with Gasteiger partial charge >= 0.3 is 12.0 Å². The summed E-state index contributed by atoms with van der Waals surface area (Å²) in [6.07, 6.45) is 1.49. The molecule has 0 aliphatic carbocycles. The molecule has 0 saturated carbocycles. The van der Waals surface area contributed by atoms with Crippen LogP contribution in [-0.2, 0) is 14.3 Å². The van der Waals surface area contributed by atoms with Gasteiger partial charge in [-0.15, -0.1) is 11.3 Å². The van der Waals surface area contributed by atoms with Crippen LogP contribution in [0.1, 0.15) is 50.2 Å². The van der Waals surface area contributed by atoms with Crippen LogP contribution in [0.15, 0.2) is 35.9 Å². The lowest BCUT2D eigenvalue weighted by molar-refractivity contribution is -0.122. The number of carbonyl (C=O) groups excluding carboxylic acids is 4. The van der Waals surface area contributed by atoms with Crippen LogP contribution in [0.2, 0.25) is 0 Å². The molecule has 0 atom stereocenters. The van der Waals surface area contributed by atoms with Gasteiger partial charge in [-0.25, -0.2) is 14.5 Å². The van der Waals surface area contributed by atoms with Gasteiger partial charge in [0.15, 0.2) is 0 Å². The molecule has 0 radical (unpaired) electrons. The van der Waals surface area contributed by atoms with E-state index >= 15 is 0 Å². The first-order valence-corrected chi connectivity index (χ1v) is 12.3. The van der Waals surface area contributed by atoms with E-state index in [-0.39, 0.29) is 12.2 Å². The fourth-order valence-corrected chi connectivity index (χ4v) is 5.45. The van der Waals surface area contributed by atoms with E-state index in [9.17, 15) is 19.2 Å². The highest BCUT2D eigenvalue weighted by atomic mass is 32.1. The third-order valence-electron chi connectivity index (χ3n) is 6.21. The summed E-state index contributed by atoms with van der Waals surface area (Å²) >= 11 is 1.48. The van der Waals surface area contributed by atoms with Gasteiger partial charge < -0.3 is 9.30 Å². The number of rotatable bonds is 5. The van der Waals surface area contributed by atoms with Crippen LogP contribution in [-0.4, -0.2) is 35.0 Å². The lowest BCUT2D eigenvalue weighted by atomic mass is 10.1. The first-order valence-electron chi connectivity index (χ1n) is 11.5. The first kappa shape index (κ1) is 25.1. The van der Waals surface area contributed by atoms with Gasteiger partial charge in [0.1, 0.15) is 10.6 Å². The van der Waals surface area contributed by atoms with Crippen molar-refractivity contribution in [2.45, 2.75) is 41.5 Å². The van der Waals surface area contributed by atoms with E-state index < -0.39 is 23.8 Å². The maximum absolute atomic E-state index is 13.3. The van der Waals surface area contributed by atoms with Gasteiger partial charge in [0.2, 0.25) is 0 Å². The molecule has 1 saturated heterocycles. The number of esters is 1. The fraction of sp³-hybridized carbons (Fsp3) is 0.259. The second-order valence-electron chi connectivity index (χ2n) is 8.64. The zero-order valence-corrected chi connectivity index (χ0v) is 21.8. The van der Waals surface area contributed by atoms with E-state index in [0.717, 1.165) is 37.3 Å². The van der Waals surface area contributed by atoms with E-state index in [1.165, 1.54) is 17.4 Å². The highest BCUT2D eigenvalue weighted by Gasteiger charge is 2.37. The number of thiophene rings is 1. The first-order chi connectivity index (χ1) is 17.0. The van der Waals surface area contributed by atoms with E-state index in [4.69, 9.17) is 4.74 Å². The van der Waals surface area contributed by atoms with Gasteiger partial charge in [-0.3, -0.25) is 14.9 Å². The van der Waals surface area contributed by atoms with Crippen molar-refractivity contribution in [1.29, 1.82) is 0 Å². The summed E-state index contributed by atoms with van der Waals surface area (Å²) in [4.78, 5) is 53.2. The number of barbiturate groups is 1. The molecule has 4 rings (SSSR count). The van der Waals surface area contributed by atoms with Crippen molar-refractivity contribution in [3.05, 3.63) is 74.4 Å². The van der Waals surface area contributed by atoms with Crippen LogP contribution in [0.25, 0.3) is 11.1 Å². The molecule has 1 N–H and O–H groups in total. The minimum atomic E-state index is -0.792. The Morgan fingerprint density at radius 2 is 1.72 bits per heavy atom. The van der Waals surface area contributed by atoms with Crippen molar-refractivity contribution in [1.82, 2.24) is 9.88 Å². The third kappa shape index (κ3) is 4.26. The van der Waals surface area contributed by atoms with Crippen molar-refractivity contribution in [2.24, 2.45) is 0 Å². The Kier molecular flexibility index (Phi) is 6.69. The summed E-state index contributed by atoms with van der Waals surface area (Å²) in [6, 6.07) is 7.94. The van der Waals surface area contributed by atoms with Gasteiger partial charge in [0.05, 0.1) is 17.9 Å². The molecular formula is C27H27N3O5S. The van der Waals surface area contributed by atoms with E-state index in [0.29, 0.717) is 16.8 Å². The highest BCUT2D eigenvalue weighted by Crippen LogP contribution is 2.35. The Morgan fingerprint density at radius 3 is 2.36 bits per heavy atom. The van der Waals surface area contributed by atoms with Gasteiger partial charge in [-0.2, -0.15) is 0 Å². The van der Waals surface area contributed by atoms with E-state index in [1.54, 1.807) is 31.2 Å². The normalized spacial score (nSPS) is 15.0. The molecule has 4 amide bonds. The molecule has 3 heterocycles. The second kappa shape index (κ2) is 9.58. The SMILES string of the molecule is CCOC(=O)c1c(-n2c(C)cc(/C=C3\C(=O)NC(=O)N(c4ccc(C)cc4)C3=O)c2C)sc(C)c1C. The molecule has 186 valence electrons. The molecule has 1 aromatic carbocycles. The van der Waals surface area contributed by atoms with Crippen molar-refractivity contribution in [2.75, 3.05) is 11.5 Å². The topological polar surface area (TPSA) is 97.7 Å². The molecule has 9 heteroatoms. The van der Waals surface area contributed by atoms with Crippen LogP contribution in [0.5, 0.6) is 0 Å². The third-order valence-corrected chi connectivity index (χ3v) is 7.41. The van der Waals surface area contributed by atoms with E-state index in [1.807, 2.05) is 45.3 Å². The van der Waals surface area contributed by atoms with Crippen LogP contribution < -0.4 is 10.2 Å². The number of carbonyl (C=O) groups is 4. The fourth-order valence-electron chi connectivity index (χ4n) is 4.20. The zero-order chi connectivity index (χ0) is 26.3. The standard InChI is InChI=1S/C27H27N3O5S/c1-7-35-26(33)22-16(4)18(6)36-25(22)29-15(3)12-19(17(29)5)13-21-23(31)28-27(34)30(24(21)32)20-10-8-14(2)9-11-20/h8-13H,7H2,1-6H3,(H,28,31,34)/b21-13+. The predicted molar refractivity (Wildman–Crippen MR) is 139 cm³/mol. The van der Waals surface area contributed by atoms with Crippen molar-refractivity contribution in [3.63, 3.8) is 0 Å². The van der Waals surface area contributed by atoms with Crippen LogP contribution >= 0.6 is 11.3 Å². The summed E-state index contributed by atoms with van der Waals surface area (Å²) in [6.45, 7) is 11.5. The van der Waals surface area contributed by atoms with Crippen LogP contribution in [0.4, 0.5) is 10.5 Å². The van der Waals surface area contributed by atoms with Gasteiger partial charge in [0.25, 0.3) is 11.8 Å². The minimum Gasteiger partial charge on any atom is -0.462 e. The number of anilines is 1. The number of aryl methyl sites for hydroxylation is 3. The number of nitrogens with zero attached hydrogens (tertiary/aromatic N) is 2. The molecule has 8 nitrogen and oxygen atoms in total. The number of hydrogen-bond donors (Lipinski definition) is 1. The lowest BCUT2D eigenvalue weighted by Crippen LogP contribution is -2.54. The Hall–Kier alpha value is -3.98. The average molecular weight is 506 g/mol. The Bertz CT molecular complexity index is 1440. The number of amides is 4. The summed E-state index contributed by atoms with van der Waals surface area (Å²) in [5, 5.41) is 2.98. The predicted octanol–water partition coefficient (Wildman–Crippen LogP) is 4.92. The molecule has 1 fully saturated rings. The maximum Gasteiger partial charge on any atom is 0.341 e. The number of nitrogens with one attached hydrogen (secondary N) is 1. The zero-order valence-electron chi connectivity index (χ0n) is 21.0. The number of hydrogen-bond acceptors (Lipinski definition) is 6. The molecule has 3 aromatic rings. The monoisotopic (exact) mass is 505 g/mol. The van der Waals surface area contributed by atoms with Crippen molar-refractivity contribution < 1.29 is 23.9 Å². The summed E-state index contributed by atoms with van der Waals surface area (Å²) in [5.74, 6) is -1.85. The minimum absolute atomic E-state index is 0.153. The number of imide groups is 2. The molecule has 0 spiro atoms. The van der Waals surface area contributed by atoms with Crippen molar-refractivity contribution >= 4 is 46.9 Å². The van der Waals surface area contributed by atoms with E-state index in [2.05, 4.69) is 5.32 Å². The number of aromatic nitrogens is 1. The number of benzene rings is 1. The van der Waals surface area contributed by atoms with Crippen LogP contribution in [0.3, 0.4) is 0 Å². The highest BCUT2D eigenvalue weighted by molar-refractivity contribution is 7.15. The molecule has 1 aliphatic heterocycles. The number of urea groups is 1. The Morgan fingerprint density at radius 1 is 1.06 bits per heavy atom. The quantitative estimate of drug-likeness (QED) is 0.301. The molecule has 1 aliphatic rings. The lowest BCUT2D eigenvalue weighted by Gasteiger charge is -2.26. The Balaban J connectivity index is 1.79. The van der Waals surface area contributed by atoms with Gasteiger partial charge in [0, 0.05) is 16.3 Å². The van der Waals surface area contributed by atoms with Crippen LogP contribution in [0, 0.1) is 34.6 Å². The summed E-state index contributed by atoms with van der Waals surface area (Å²) < 4.78 is 7.23. The summed E-state index contributed by atoms with van der Waals surface area (Å²) in [5.41, 5.74) is 4.74. The smallest absolute Gasteiger partial charge is 0.341 e. The van der Waals surface area contributed by atoms with Gasteiger partial charge in [-0.05, 0) is 76.9 Å². The Labute approximate surface area is 213 Å². The molecule has 2 aromatic heterocycles. The van der Waals surface area contributed by atoms with Crippen molar-refractivity contribution in [3.8, 4) is 5.00 Å².